The molecule has 192 valence electrons. The summed E-state index contributed by atoms with van der Waals surface area (Å²) in [5.41, 5.74) is 4.30. The van der Waals surface area contributed by atoms with Crippen molar-refractivity contribution in [3.8, 4) is 16.9 Å². The van der Waals surface area contributed by atoms with Gasteiger partial charge in [-0.2, -0.15) is 0 Å². The van der Waals surface area contributed by atoms with Crippen molar-refractivity contribution in [3.05, 3.63) is 108 Å². The maximum Gasteiger partial charge on any atom is 0.193 e. The number of hydrogen-bond donors (Lipinski definition) is 0. The summed E-state index contributed by atoms with van der Waals surface area (Å²) in [6, 6.07) is 22.8. The van der Waals surface area contributed by atoms with E-state index < -0.39 is 5.79 Å². The lowest BCUT2D eigenvalue weighted by atomic mass is 9.92. The maximum absolute atomic E-state index is 13.5. The minimum absolute atomic E-state index is 0.133. The van der Waals surface area contributed by atoms with E-state index in [1.165, 1.54) is 12.1 Å². The zero-order valence-corrected chi connectivity index (χ0v) is 21.0. The molecule has 3 atom stereocenters. The van der Waals surface area contributed by atoms with Crippen molar-refractivity contribution in [2.24, 2.45) is 0 Å². The molecule has 1 fully saturated rings. The van der Waals surface area contributed by atoms with E-state index in [2.05, 4.69) is 29.2 Å². The predicted octanol–water partition coefficient (Wildman–Crippen LogP) is 5.83. The standard InChI is InChI=1S/C30H31FN2O4/c1-22(24-7-11-27(31)12-8-24)30(20-33-16-15-32-21-33)36-19-29(37-30)18-35-17-23-3-5-25(6-4-23)26-9-13-28(34-2)14-10-26/h3-16,21-22,29H,17-20H2,1-2H3. The van der Waals surface area contributed by atoms with Crippen LogP contribution in [0.5, 0.6) is 5.75 Å². The van der Waals surface area contributed by atoms with Crippen LogP contribution in [0.4, 0.5) is 4.39 Å². The smallest absolute Gasteiger partial charge is 0.193 e. The highest BCUT2D eigenvalue weighted by atomic mass is 19.1. The van der Waals surface area contributed by atoms with Gasteiger partial charge in [0.2, 0.25) is 0 Å². The monoisotopic (exact) mass is 502 g/mol. The lowest BCUT2D eigenvalue weighted by molar-refractivity contribution is -0.196. The maximum atomic E-state index is 13.5. The second kappa shape index (κ2) is 11.3. The molecular formula is C30H31FN2O4. The molecule has 0 bridgehead atoms. The zero-order chi connectivity index (χ0) is 25.7. The van der Waals surface area contributed by atoms with Crippen LogP contribution in [0, 0.1) is 5.82 Å². The van der Waals surface area contributed by atoms with Gasteiger partial charge in [0.25, 0.3) is 0 Å². The first-order chi connectivity index (χ1) is 18.0. The van der Waals surface area contributed by atoms with E-state index in [-0.39, 0.29) is 17.8 Å². The first-order valence-electron chi connectivity index (χ1n) is 12.4. The summed E-state index contributed by atoms with van der Waals surface area (Å²) < 4.78 is 39.5. The van der Waals surface area contributed by atoms with Crippen molar-refractivity contribution < 1.29 is 23.3 Å². The molecule has 0 aliphatic carbocycles. The van der Waals surface area contributed by atoms with Crippen molar-refractivity contribution in [1.82, 2.24) is 9.55 Å². The molecule has 5 rings (SSSR count). The van der Waals surface area contributed by atoms with Gasteiger partial charge in [0.05, 0.1) is 39.8 Å². The van der Waals surface area contributed by atoms with Gasteiger partial charge in [-0.05, 0) is 46.5 Å². The molecule has 4 aromatic rings. The average molecular weight is 503 g/mol. The van der Waals surface area contributed by atoms with Crippen LogP contribution in [-0.4, -0.2) is 41.8 Å². The minimum atomic E-state index is -0.910. The second-order valence-electron chi connectivity index (χ2n) is 9.31. The number of nitrogens with zero attached hydrogens (tertiary/aromatic N) is 2. The molecular weight excluding hydrogens is 471 g/mol. The Bertz CT molecular complexity index is 1260. The third kappa shape index (κ3) is 5.91. The Kier molecular flexibility index (Phi) is 7.65. The molecule has 0 N–H and O–H groups in total. The van der Waals surface area contributed by atoms with Crippen molar-refractivity contribution in [2.45, 2.75) is 37.9 Å². The summed E-state index contributed by atoms with van der Waals surface area (Å²) in [6.07, 6.45) is 5.13. The summed E-state index contributed by atoms with van der Waals surface area (Å²) >= 11 is 0. The molecule has 2 heterocycles. The van der Waals surface area contributed by atoms with E-state index in [1.54, 1.807) is 31.8 Å². The van der Waals surface area contributed by atoms with E-state index in [0.29, 0.717) is 26.4 Å². The quantitative estimate of drug-likeness (QED) is 0.273. The summed E-state index contributed by atoms with van der Waals surface area (Å²) in [5, 5.41) is 0. The number of hydrogen-bond acceptors (Lipinski definition) is 5. The molecule has 6 nitrogen and oxygen atoms in total. The first kappa shape index (κ1) is 25.1. The number of imidazole rings is 1. The van der Waals surface area contributed by atoms with Crippen LogP contribution >= 0.6 is 0 Å². The van der Waals surface area contributed by atoms with Gasteiger partial charge in [0.15, 0.2) is 5.79 Å². The van der Waals surface area contributed by atoms with Crippen LogP contribution in [0.1, 0.15) is 24.0 Å². The number of aromatic nitrogens is 2. The van der Waals surface area contributed by atoms with Crippen LogP contribution < -0.4 is 4.74 Å². The van der Waals surface area contributed by atoms with E-state index in [0.717, 1.165) is 28.0 Å². The molecule has 37 heavy (non-hydrogen) atoms. The highest BCUT2D eigenvalue weighted by molar-refractivity contribution is 5.64. The highest BCUT2D eigenvalue weighted by Crippen LogP contribution is 2.39. The summed E-state index contributed by atoms with van der Waals surface area (Å²) in [5.74, 6) is -0.470. The topological polar surface area (TPSA) is 54.7 Å². The number of halogens is 1. The molecule has 0 amide bonds. The average Bonchev–Trinajstić information content (AvgIpc) is 3.60. The van der Waals surface area contributed by atoms with Crippen LogP contribution in [0.25, 0.3) is 11.1 Å². The fourth-order valence-corrected chi connectivity index (χ4v) is 4.64. The molecule has 3 unspecified atom stereocenters. The Morgan fingerprint density at radius 2 is 1.73 bits per heavy atom. The molecule has 1 aliphatic heterocycles. The van der Waals surface area contributed by atoms with Crippen LogP contribution in [0.3, 0.4) is 0 Å². The largest absolute Gasteiger partial charge is 0.497 e. The van der Waals surface area contributed by atoms with Crippen molar-refractivity contribution in [3.63, 3.8) is 0 Å². The Balaban J connectivity index is 1.20. The fourth-order valence-electron chi connectivity index (χ4n) is 4.64. The molecule has 0 saturated carbocycles. The molecule has 1 aromatic heterocycles. The van der Waals surface area contributed by atoms with Crippen LogP contribution in [0.2, 0.25) is 0 Å². The summed E-state index contributed by atoms with van der Waals surface area (Å²) in [4.78, 5) is 4.15. The Morgan fingerprint density at radius 3 is 2.38 bits per heavy atom. The fraction of sp³-hybridized carbons (Fsp3) is 0.300. The molecule has 7 heteroatoms. The molecule has 1 aliphatic rings. The van der Waals surface area contributed by atoms with Crippen molar-refractivity contribution in [2.75, 3.05) is 20.3 Å². The Labute approximate surface area is 216 Å². The van der Waals surface area contributed by atoms with Gasteiger partial charge in [-0.1, -0.05) is 55.5 Å². The normalized spacial score (nSPS) is 20.1. The molecule has 1 saturated heterocycles. The van der Waals surface area contributed by atoms with Gasteiger partial charge < -0.3 is 23.5 Å². The van der Waals surface area contributed by atoms with Crippen molar-refractivity contribution >= 4 is 0 Å². The third-order valence-electron chi connectivity index (χ3n) is 6.82. The van der Waals surface area contributed by atoms with E-state index >= 15 is 0 Å². The first-order valence-corrected chi connectivity index (χ1v) is 12.4. The molecule has 0 spiro atoms. The number of methoxy groups -OCH3 is 1. The Hall–Kier alpha value is -3.52. The second-order valence-corrected chi connectivity index (χ2v) is 9.31. The van der Waals surface area contributed by atoms with E-state index in [4.69, 9.17) is 18.9 Å². The lowest BCUT2D eigenvalue weighted by Gasteiger charge is -2.34. The van der Waals surface area contributed by atoms with Gasteiger partial charge in [-0.25, -0.2) is 9.37 Å². The van der Waals surface area contributed by atoms with Crippen LogP contribution in [-0.2, 0) is 27.4 Å². The molecule has 0 radical (unpaired) electrons. The zero-order valence-electron chi connectivity index (χ0n) is 21.0. The SMILES string of the molecule is COc1ccc(-c2ccc(COCC3COC(Cn4ccnc4)(C(C)c4ccc(F)cc4)O3)cc2)cc1. The lowest BCUT2D eigenvalue weighted by Crippen LogP contribution is -2.41. The van der Waals surface area contributed by atoms with E-state index in [1.807, 2.05) is 42.0 Å². The number of ether oxygens (including phenoxy) is 4. The predicted molar refractivity (Wildman–Crippen MR) is 139 cm³/mol. The minimum Gasteiger partial charge on any atom is -0.497 e. The van der Waals surface area contributed by atoms with E-state index in [9.17, 15) is 4.39 Å². The number of rotatable bonds is 10. The van der Waals surface area contributed by atoms with Gasteiger partial charge in [0, 0.05) is 18.3 Å². The summed E-state index contributed by atoms with van der Waals surface area (Å²) in [7, 11) is 1.67. The van der Waals surface area contributed by atoms with Crippen molar-refractivity contribution in [1.29, 1.82) is 0 Å². The van der Waals surface area contributed by atoms with Gasteiger partial charge >= 0.3 is 0 Å². The third-order valence-corrected chi connectivity index (χ3v) is 6.82. The Morgan fingerprint density at radius 1 is 1.03 bits per heavy atom. The number of benzene rings is 3. The van der Waals surface area contributed by atoms with Crippen LogP contribution in [0.15, 0.2) is 91.5 Å². The summed E-state index contributed by atoms with van der Waals surface area (Å²) in [6.45, 7) is 3.80. The molecule has 3 aromatic carbocycles. The van der Waals surface area contributed by atoms with Gasteiger partial charge in [0.1, 0.15) is 17.7 Å². The van der Waals surface area contributed by atoms with Gasteiger partial charge in [-0.15, -0.1) is 0 Å². The van der Waals surface area contributed by atoms with Gasteiger partial charge in [-0.3, -0.25) is 0 Å². The highest BCUT2D eigenvalue weighted by Gasteiger charge is 2.47.